The maximum Gasteiger partial charge on any atom is 0.263 e. The summed E-state index contributed by atoms with van der Waals surface area (Å²) in [4.78, 5) is 20.9. The molecule has 0 aliphatic heterocycles. The van der Waals surface area contributed by atoms with Crippen molar-refractivity contribution in [1.29, 1.82) is 0 Å². The zero-order chi connectivity index (χ0) is 17.1. The Bertz CT molecular complexity index is 853. The lowest BCUT2D eigenvalue weighted by atomic mass is 9.93. The largest absolute Gasteiger partial charge is 0.490 e. The van der Waals surface area contributed by atoms with Gasteiger partial charge in [-0.2, -0.15) is 0 Å². The van der Waals surface area contributed by atoms with Gasteiger partial charge in [-0.1, -0.05) is 12.1 Å². The highest BCUT2D eigenvalue weighted by Gasteiger charge is 2.24. The molecule has 0 radical (unpaired) electrons. The van der Waals surface area contributed by atoms with Crippen molar-refractivity contribution in [3.05, 3.63) is 53.2 Å². The first-order valence-corrected chi connectivity index (χ1v) is 9.36. The summed E-state index contributed by atoms with van der Waals surface area (Å²) in [6.45, 7) is 0. The molecule has 3 aromatic rings. The minimum atomic E-state index is -0.0200. The number of nitrogens with one attached hydrogen (secondary N) is 1. The number of carbonyl (C=O) groups excluding carboxylic acids is 1. The number of benzene rings is 1. The molecule has 0 unspecified atom stereocenters. The Morgan fingerprint density at radius 1 is 1.12 bits per heavy atom. The number of carbonyl (C=O) groups is 1. The second-order valence-electron chi connectivity index (χ2n) is 6.28. The monoisotopic (exact) mass is 353 g/mol. The average Bonchev–Trinajstić information content (AvgIpc) is 3.19. The summed E-state index contributed by atoms with van der Waals surface area (Å²) in [7, 11) is 0. The Morgan fingerprint density at radius 2 is 2.00 bits per heavy atom. The number of nitrogens with zero attached hydrogens (tertiary/aromatic N) is 2. The molecule has 1 amide bonds. The second-order valence-corrected chi connectivity index (χ2v) is 7.17. The lowest BCUT2D eigenvalue weighted by molar-refractivity contribution is 0.0899. The van der Waals surface area contributed by atoms with Gasteiger partial charge in [0.25, 0.3) is 5.91 Å². The Morgan fingerprint density at radius 3 is 2.80 bits per heavy atom. The Kier molecular flexibility index (Phi) is 4.61. The van der Waals surface area contributed by atoms with Crippen molar-refractivity contribution in [2.45, 2.75) is 37.8 Å². The molecule has 25 heavy (non-hydrogen) atoms. The van der Waals surface area contributed by atoms with Crippen LogP contribution in [0.4, 0.5) is 0 Å². The van der Waals surface area contributed by atoms with E-state index in [1.807, 2.05) is 30.5 Å². The van der Waals surface area contributed by atoms with Gasteiger partial charge in [-0.15, -0.1) is 11.3 Å². The van der Waals surface area contributed by atoms with Crippen LogP contribution in [0.15, 0.2) is 48.4 Å². The molecule has 1 N–H and O–H groups in total. The van der Waals surface area contributed by atoms with Crippen LogP contribution in [-0.4, -0.2) is 28.0 Å². The van der Waals surface area contributed by atoms with Crippen molar-refractivity contribution in [2.75, 3.05) is 0 Å². The smallest absolute Gasteiger partial charge is 0.263 e. The third-order valence-corrected chi connectivity index (χ3v) is 5.37. The van der Waals surface area contributed by atoms with Crippen molar-refractivity contribution in [1.82, 2.24) is 15.3 Å². The summed E-state index contributed by atoms with van der Waals surface area (Å²) in [6, 6.07) is 8.26. The van der Waals surface area contributed by atoms with Gasteiger partial charge in [0.1, 0.15) is 10.6 Å². The zero-order valence-electron chi connectivity index (χ0n) is 13.7. The molecule has 1 aliphatic rings. The first-order chi connectivity index (χ1) is 12.3. The SMILES string of the molecule is O=C(NC1CCC(Oc2cccc3cnccc23)CC1)c1cncs1. The molecule has 0 saturated heterocycles. The second kappa shape index (κ2) is 7.19. The molecular formula is C19H19N3O2S. The normalized spacial score (nSPS) is 20.3. The van der Waals surface area contributed by atoms with Gasteiger partial charge in [0.05, 0.1) is 17.8 Å². The molecule has 128 valence electrons. The molecule has 5 nitrogen and oxygen atoms in total. The van der Waals surface area contributed by atoms with E-state index in [0.29, 0.717) is 4.88 Å². The van der Waals surface area contributed by atoms with E-state index in [1.54, 1.807) is 17.9 Å². The zero-order valence-corrected chi connectivity index (χ0v) is 14.5. The minimum absolute atomic E-state index is 0.0200. The quantitative estimate of drug-likeness (QED) is 0.775. The fourth-order valence-corrected chi connectivity index (χ4v) is 3.81. The molecule has 2 heterocycles. The summed E-state index contributed by atoms with van der Waals surface area (Å²) in [5.74, 6) is 0.894. The van der Waals surface area contributed by atoms with Crippen molar-refractivity contribution in [2.24, 2.45) is 0 Å². The first kappa shape index (κ1) is 16.0. The third kappa shape index (κ3) is 3.64. The minimum Gasteiger partial charge on any atom is -0.490 e. The maximum absolute atomic E-state index is 12.1. The molecule has 2 aromatic heterocycles. The molecule has 0 bridgehead atoms. The average molecular weight is 353 g/mol. The van der Waals surface area contributed by atoms with E-state index in [9.17, 15) is 4.79 Å². The van der Waals surface area contributed by atoms with Gasteiger partial charge in [0.2, 0.25) is 0 Å². The number of pyridine rings is 1. The summed E-state index contributed by atoms with van der Waals surface area (Å²) >= 11 is 1.37. The van der Waals surface area contributed by atoms with E-state index in [2.05, 4.69) is 15.3 Å². The van der Waals surface area contributed by atoms with E-state index in [4.69, 9.17) is 4.74 Å². The number of thiazole rings is 1. The summed E-state index contributed by atoms with van der Waals surface area (Å²) in [6.07, 6.45) is 9.20. The predicted molar refractivity (Wildman–Crippen MR) is 98.0 cm³/mol. The molecule has 6 heteroatoms. The van der Waals surface area contributed by atoms with Crippen LogP contribution in [0.25, 0.3) is 10.8 Å². The van der Waals surface area contributed by atoms with Crippen molar-refractivity contribution >= 4 is 28.0 Å². The third-order valence-electron chi connectivity index (χ3n) is 4.60. The number of hydrogen-bond donors (Lipinski definition) is 1. The number of fused-ring (bicyclic) bond motifs is 1. The van der Waals surface area contributed by atoms with Crippen LogP contribution in [0.5, 0.6) is 5.75 Å². The van der Waals surface area contributed by atoms with Crippen molar-refractivity contribution < 1.29 is 9.53 Å². The fourth-order valence-electron chi connectivity index (χ4n) is 3.28. The Hall–Kier alpha value is -2.47. The van der Waals surface area contributed by atoms with Gasteiger partial charge < -0.3 is 10.1 Å². The highest BCUT2D eigenvalue weighted by atomic mass is 32.1. The predicted octanol–water partition coefficient (Wildman–Crippen LogP) is 3.81. The van der Waals surface area contributed by atoms with Crippen LogP contribution in [0.2, 0.25) is 0 Å². The molecule has 1 aromatic carbocycles. The molecule has 4 rings (SSSR count). The summed E-state index contributed by atoms with van der Waals surface area (Å²) in [5.41, 5.74) is 1.68. The molecule has 1 fully saturated rings. The van der Waals surface area contributed by atoms with Gasteiger partial charge in [-0.05, 0) is 37.8 Å². The molecular weight excluding hydrogens is 334 g/mol. The highest BCUT2D eigenvalue weighted by Crippen LogP contribution is 2.29. The van der Waals surface area contributed by atoms with Gasteiger partial charge in [-0.25, -0.2) is 0 Å². The fraction of sp³-hybridized carbons (Fsp3) is 0.316. The van der Waals surface area contributed by atoms with E-state index >= 15 is 0 Å². The highest BCUT2D eigenvalue weighted by molar-refractivity contribution is 7.11. The molecule has 0 spiro atoms. The number of amides is 1. The lowest BCUT2D eigenvalue weighted by Gasteiger charge is -2.29. The van der Waals surface area contributed by atoms with Crippen LogP contribution in [-0.2, 0) is 0 Å². The van der Waals surface area contributed by atoms with E-state index in [1.165, 1.54) is 11.3 Å². The van der Waals surface area contributed by atoms with E-state index < -0.39 is 0 Å². The van der Waals surface area contributed by atoms with Crippen molar-refractivity contribution in [3.63, 3.8) is 0 Å². The number of rotatable bonds is 4. The standard InChI is InChI=1S/C19H19N3O2S/c23-19(18-11-21-12-25-18)22-14-4-6-15(7-5-14)24-17-3-1-2-13-10-20-9-8-16(13)17/h1-3,8-12,14-15H,4-7H2,(H,22,23). The van der Waals surface area contributed by atoms with Crippen LogP contribution in [0.1, 0.15) is 35.4 Å². The number of ether oxygens (including phenoxy) is 1. The topological polar surface area (TPSA) is 64.1 Å². The van der Waals surface area contributed by atoms with Gasteiger partial charge in [0.15, 0.2) is 0 Å². The molecule has 0 atom stereocenters. The summed E-state index contributed by atoms with van der Waals surface area (Å²) in [5, 5.41) is 5.29. The maximum atomic E-state index is 12.1. The first-order valence-electron chi connectivity index (χ1n) is 8.48. The van der Waals surface area contributed by atoms with Gasteiger partial charge in [-0.3, -0.25) is 14.8 Å². The Balaban J connectivity index is 1.35. The van der Waals surface area contributed by atoms with Crippen molar-refractivity contribution in [3.8, 4) is 5.75 Å². The molecule has 1 saturated carbocycles. The van der Waals surface area contributed by atoms with Crippen LogP contribution in [0, 0.1) is 0 Å². The summed E-state index contributed by atoms with van der Waals surface area (Å²) < 4.78 is 6.25. The van der Waals surface area contributed by atoms with Gasteiger partial charge >= 0.3 is 0 Å². The van der Waals surface area contributed by atoms with E-state index in [0.717, 1.165) is 42.2 Å². The lowest BCUT2D eigenvalue weighted by Crippen LogP contribution is -2.39. The van der Waals surface area contributed by atoms with Crippen LogP contribution in [0.3, 0.4) is 0 Å². The van der Waals surface area contributed by atoms with E-state index in [-0.39, 0.29) is 18.1 Å². The van der Waals surface area contributed by atoms with Crippen LogP contribution < -0.4 is 10.1 Å². The number of hydrogen-bond acceptors (Lipinski definition) is 5. The van der Waals surface area contributed by atoms with Crippen LogP contribution >= 0.6 is 11.3 Å². The number of aromatic nitrogens is 2. The Labute approximate surface area is 150 Å². The van der Waals surface area contributed by atoms with Gasteiger partial charge in [0, 0.05) is 29.2 Å². The molecule has 1 aliphatic carbocycles.